The molecule has 0 N–H and O–H groups in total. The SMILES string of the molecule is c1ccc(-c2ccoc2-c2ncccn2)nc1. The van der Waals surface area contributed by atoms with Gasteiger partial charge in [0.25, 0.3) is 0 Å². The van der Waals surface area contributed by atoms with E-state index in [0.29, 0.717) is 11.6 Å². The highest BCUT2D eigenvalue weighted by Crippen LogP contribution is 2.29. The normalized spacial score (nSPS) is 10.4. The molecular formula is C13H9N3O. The van der Waals surface area contributed by atoms with Crippen molar-refractivity contribution in [3.05, 3.63) is 55.2 Å². The molecule has 0 unspecified atom stereocenters. The van der Waals surface area contributed by atoms with Crippen molar-refractivity contribution in [1.82, 2.24) is 15.0 Å². The van der Waals surface area contributed by atoms with E-state index in [0.717, 1.165) is 11.3 Å². The predicted octanol–water partition coefficient (Wildman–Crippen LogP) is 2.80. The van der Waals surface area contributed by atoms with E-state index in [9.17, 15) is 0 Å². The minimum atomic E-state index is 0.568. The van der Waals surface area contributed by atoms with Crippen LogP contribution in [0.4, 0.5) is 0 Å². The number of nitrogens with zero attached hydrogens (tertiary/aromatic N) is 3. The standard InChI is InChI=1S/C13H9N3O/c1-2-6-14-11(4-1)10-5-9-17-12(10)13-15-7-3-8-16-13/h1-9H. The second kappa shape index (κ2) is 4.17. The molecule has 0 radical (unpaired) electrons. The van der Waals surface area contributed by atoms with Gasteiger partial charge >= 0.3 is 0 Å². The summed E-state index contributed by atoms with van der Waals surface area (Å²) in [5.41, 5.74) is 1.75. The molecule has 0 aromatic carbocycles. The van der Waals surface area contributed by atoms with Crippen molar-refractivity contribution in [2.75, 3.05) is 0 Å². The lowest BCUT2D eigenvalue weighted by atomic mass is 10.1. The van der Waals surface area contributed by atoms with Crippen molar-refractivity contribution < 1.29 is 4.42 Å². The molecule has 4 heteroatoms. The van der Waals surface area contributed by atoms with E-state index >= 15 is 0 Å². The minimum absolute atomic E-state index is 0.568. The highest BCUT2D eigenvalue weighted by molar-refractivity contribution is 5.74. The molecule has 0 saturated heterocycles. The second-order valence-corrected chi connectivity index (χ2v) is 3.45. The molecule has 0 aliphatic heterocycles. The quantitative estimate of drug-likeness (QED) is 0.670. The zero-order valence-corrected chi connectivity index (χ0v) is 8.95. The van der Waals surface area contributed by atoms with Crippen LogP contribution in [0.5, 0.6) is 0 Å². The molecule has 0 saturated carbocycles. The van der Waals surface area contributed by atoms with E-state index < -0.39 is 0 Å². The Morgan fingerprint density at radius 1 is 0.824 bits per heavy atom. The first-order valence-corrected chi connectivity index (χ1v) is 5.21. The number of rotatable bonds is 2. The summed E-state index contributed by atoms with van der Waals surface area (Å²) in [7, 11) is 0. The van der Waals surface area contributed by atoms with Gasteiger partial charge < -0.3 is 4.42 Å². The lowest BCUT2D eigenvalue weighted by Crippen LogP contribution is -1.88. The number of pyridine rings is 1. The van der Waals surface area contributed by atoms with Crippen molar-refractivity contribution in [3.63, 3.8) is 0 Å². The summed E-state index contributed by atoms with van der Waals surface area (Å²) in [5, 5.41) is 0. The molecule has 0 bridgehead atoms. The first kappa shape index (κ1) is 9.72. The Kier molecular flexibility index (Phi) is 2.38. The van der Waals surface area contributed by atoms with Crippen LogP contribution in [-0.4, -0.2) is 15.0 Å². The largest absolute Gasteiger partial charge is 0.460 e. The fourth-order valence-corrected chi connectivity index (χ4v) is 1.62. The van der Waals surface area contributed by atoms with Crippen LogP contribution >= 0.6 is 0 Å². The van der Waals surface area contributed by atoms with Gasteiger partial charge in [0, 0.05) is 24.2 Å². The van der Waals surface area contributed by atoms with E-state index in [1.54, 1.807) is 30.9 Å². The molecule has 17 heavy (non-hydrogen) atoms. The molecule has 0 aliphatic carbocycles. The molecule has 3 aromatic heterocycles. The fourth-order valence-electron chi connectivity index (χ4n) is 1.62. The van der Waals surface area contributed by atoms with Crippen LogP contribution in [0.3, 0.4) is 0 Å². The summed E-state index contributed by atoms with van der Waals surface area (Å²) in [5.74, 6) is 1.21. The molecule has 0 fully saturated rings. The molecule has 3 aromatic rings. The molecule has 0 atom stereocenters. The lowest BCUT2D eigenvalue weighted by molar-refractivity contribution is 0.578. The molecule has 4 nitrogen and oxygen atoms in total. The van der Waals surface area contributed by atoms with E-state index in [4.69, 9.17) is 4.42 Å². The van der Waals surface area contributed by atoms with Crippen molar-refractivity contribution in [3.8, 4) is 22.8 Å². The molecule has 3 heterocycles. The number of hydrogen-bond acceptors (Lipinski definition) is 4. The van der Waals surface area contributed by atoms with Crippen molar-refractivity contribution in [2.45, 2.75) is 0 Å². The van der Waals surface area contributed by atoms with Crippen LogP contribution in [0, 0.1) is 0 Å². The van der Waals surface area contributed by atoms with E-state index in [1.165, 1.54) is 0 Å². The molecule has 82 valence electrons. The summed E-state index contributed by atoms with van der Waals surface area (Å²) in [6.45, 7) is 0. The van der Waals surface area contributed by atoms with Crippen LogP contribution < -0.4 is 0 Å². The molecule has 0 aliphatic rings. The van der Waals surface area contributed by atoms with Crippen molar-refractivity contribution in [2.24, 2.45) is 0 Å². The third kappa shape index (κ3) is 1.80. The van der Waals surface area contributed by atoms with Crippen LogP contribution in [-0.2, 0) is 0 Å². The van der Waals surface area contributed by atoms with Gasteiger partial charge in [0.05, 0.1) is 12.0 Å². The van der Waals surface area contributed by atoms with Crippen LogP contribution in [0.15, 0.2) is 59.6 Å². The van der Waals surface area contributed by atoms with Crippen LogP contribution in [0.2, 0.25) is 0 Å². The highest BCUT2D eigenvalue weighted by atomic mass is 16.3. The topological polar surface area (TPSA) is 51.8 Å². The maximum Gasteiger partial charge on any atom is 0.196 e. The van der Waals surface area contributed by atoms with Gasteiger partial charge in [0.15, 0.2) is 11.6 Å². The maximum absolute atomic E-state index is 5.44. The Hall–Kier alpha value is -2.49. The predicted molar refractivity (Wildman–Crippen MR) is 63.0 cm³/mol. The van der Waals surface area contributed by atoms with Gasteiger partial charge in [0.2, 0.25) is 0 Å². The first-order chi connectivity index (χ1) is 8.45. The third-order valence-electron chi connectivity index (χ3n) is 2.37. The first-order valence-electron chi connectivity index (χ1n) is 5.21. The number of aromatic nitrogens is 3. The van der Waals surface area contributed by atoms with E-state index in [2.05, 4.69) is 15.0 Å². The van der Waals surface area contributed by atoms with Gasteiger partial charge in [-0.2, -0.15) is 0 Å². The maximum atomic E-state index is 5.44. The molecule has 0 amide bonds. The number of hydrogen-bond donors (Lipinski definition) is 0. The van der Waals surface area contributed by atoms with Crippen molar-refractivity contribution in [1.29, 1.82) is 0 Å². The Bertz CT molecular complexity index is 551. The highest BCUT2D eigenvalue weighted by Gasteiger charge is 2.13. The monoisotopic (exact) mass is 223 g/mol. The third-order valence-corrected chi connectivity index (χ3v) is 2.37. The summed E-state index contributed by atoms with van der Waals surface area (Å²) >= 11 is 0. The molecule has 0 spiro atoms. The van der Waals surface area contributed by atoms with E-state index in [-0.39, 0.29) is 0 Å². The van der Waals surface area contributed by atoms with E-state index in [1.807, 2.05) is 24.3 Å². The van der Waals surface area contributed by atoms with Gasteiger partial charge in [-0.25, -0.2) is 9.97 Å². The Balaban J connectivity index is 2.13. The average molecular weight is 223 g/mol. The summed E-state index contributed by atoms with van der Waals surface area (Å²) in [6, 6.07) is 9.38. The van der Waals surface area contributed by atoms with Crippen LogP contribution in [0.1, 0.15) is 0 Å². The Labute approximate surface area is 98.0 Å². The Morgan fingerprint density at radius 2 is 1.65 bits per heavy atom. The second-order valence-electron chi connectivity index (χ2n) is 3.45. The lowest BCUT2D eigenvalue weighted by Gasteiger charge is -2.00. The zero-order chi connectivity index (χ0) is 11.5. The van der Waals surface area contributed by atoms with Gasteiger partial charge in [-0.3, -0.25) is 4.98 Å². The summed E-state index contributed by atoms with van der Waals surface area (Å²) in [4.78, 5) is 12.6. The van der Waals surface area contributed by atoms with Crippen LogP contribution in [0.25, 0.3) is 22.8 Å². The minimum Gasteiger partial charge on any atom is -0.460 e. The summed E-state index contributed by atoms with van der Waals surface area (Å²) < 4.78 is 5.44. The fraction of sp³-hybridized carbons (Fsp3) is 0. The molecular weight excluding hydrogens is 214 g/mol. The average Bonchev–Trinajstić information content (AvgIpc) is 2.90. The Morgan fingerprint density at radius 3 is 2.41 bits per heavy atom. The van der Waals surface area contributed by atoms with Gasteiger partial charge in [0.1, 0.15) is 0 Å². The smallest absolute Gasteiger partial charge is 0.196 e. The van der Waals surface area contributed by atoms with Gasteiger partial charge in [-0.1, -0.05) is 6.07 Å². The molecule has 3 rings (SSSR count). The van der Waals surface area contributed by atoms with Crippen molar-refractivity contribution >= 4 is 0 Å². The van der Waals surface area contributed by atoms with Gasteiger partial charge in [-0.05, 0) is 24.3 Å². The van der Waals surface area contributed by atoms with Gasteiger partial charge in [-0.15, -0.1) is 0 Å². The zero-order valence-electron chi connectivity index (χ0n) is 8.95. The summed E-state index contributed by atoms with van der Waals surface area (Å²) in [6.07, 6.45) is 6.74. The number of furan rings is 1.